The van der Waals surface area contributed by atoms with E-state index in [2.05, 4.69) is 24.5 Å². The van der Waals surface area contributed by atoms with E-state index >= 15 is 0 Å². The van der Waals surface area contributed by atoms with Crippen molar-refractivity contribution in [2.24, 2.45) is 5.92 Å². The van der Waals surface area contributed by atoms with Crippen LogP contribution in [0, 0.1) is 5.92 Å². The van der Waals surface area contributed by atoms with Gasteiger partial charge < -0.3 is 20.5 Å². The molecule has 2 aromatic carbocycles. The quantitative estimate of drug-likeness (QED) is 0.399. The SMILES string of the molecule is CSc1ccc(/C=C(\NC(=O)c2ccc(OCC(C)C)cc2)C(=O)NCCO)cc1. The Morgan fingerprint density at radius 2 is 1.77 bits per heavy atom. The first-order chi connectivity index (χ1) is 14.4. The molecule has 0 aliphatic rings. The number of rotatable bonds is 10. The van der Waals surface area contributed by atoms with E-state index in [0.29, 0.717) is 23.8 Å². The van der Waals surface area contributed by atoms with Crippen LogP contribution in [0.2, 0.25) is 0 Å². The van der Waals surface area contributed by atoms with Crippen LogP contribution in [0.4, 0.5) is 0 Å². The minimum atomic E-state index is -0.469. The van der Waals surface area contributed by atoms with E-state index in [0.717, 1.165) is 10.5 Å². The predicted molar refractivity (Wildman–Crippen MR) is 121 cm³/mol. The third-order valence-corrected chi connectivity index (χ3v) is 4.76. The van der Waals surface area contributed by atoms with Gasteiger partial charge >= 0.3 is 0 Å². The third-order valence-electron chi connectivity index (χ3n) is 4.02. The van der Waals surface area contributed by atoms with E-state index in [9.17, 15) is 9.59 Å². The van der Waals surface area contributed by atoms with Crippen molar-refractivity contribution < 1.29 is 19.4 Å². The van der Waals surface area contributed by atoms with Crippen LogP contribution in [-0.2, 0) is 4.79 Å². The van der Waals surface area contributed by atoms with Gasteiger partial charge in [0.15, 0.2) is 0 Å². The Morgan fingerprint density at radius 1 is 1.10 bits per heavy atom. The molecule has 7 heteroatoms. The third kappa shape index (κ3) is 7.57. The van der Waals surface area contributed by atoms with E-state index in [4.69, 9.17) is 9.84 Å². The minimum Gasteiger partial charge on any atom is -0.493 e. The smallest absolute Gasteiger partial charge is 0.267 e. The van der Waals surface area contributed by atoms with Gasteiger partial charge in [-0.05, 0) is 60.2 Å². The Bertz CT molecular complexity index is 862. The van der Waals surface area contributed by atoms with Crippen molar-refractivity contribution in [2.45, 2.75) is 18.7 Å². The first-order valence-electron chi connectivity index (χ1n) is 9.72. The fourth-order valence-electron chi connectivity index (χ4n) is 2.45. The maximum absolute atomic E-state index is 12.7. The van der Waals surface area contributed by atoms with Crippen molar-refractivity contribution in [1.82, 2.24) is 10.6 Å². The van der Waals surface area contributed by atoms with Gasteiger partial charge in [-0.15, -0.1) is 11.8 Å². The summed E-state index contributed by atoms with van der Waals surface area (Å²) in [5, 5.41) is 14.2. The Morgan fingerprint density at radius 3 is 2.33 bits per heavy atom. The molecule has 0 spiro atoms. The fraction of sp³-hybridized carbons (Fsp3) is 0.304. The molecule has 30 heavy (non-hydrogen) atoms. The van der Waals surface area contributed by atoms with Gasteiger partial charge in [0.25, 0.3) is 11.8 Å². The molecule has 2 rings (SSSR count). The second kappa shape index (κ2) is 12.0. The highest BCUT2D eigenvalue weighted by Crippen LogP contribution is 2.17. The van der Waals surface area contributed by atoms with Crippen LogP contribution in [-0.4, -0.2) is 42.9 Å². The van der Waals surface area contributed by atoms with Crippen molar-refractivity contribution in [3.05, 3.63) is 65.4 Å². The van der Waals surface area contributed by atoms with E-state index in [1.54, 1.807) is 42.1 Å². The summed E-state index contributed by atoms with van der Waals surface area (Å²) in [6.45, 7) is 4.63. The molecule has 0 saturated heterocycles. The fourth-order valence-corrected chi connectivity index (χ4v) is 2.86. The molecule has 0 bridgehead atoms. The molecule has 3 N–H and O–H groups in total. The van der Waals surface area contributed by atoms with Crippen LogP contribution in [0.25, 0.3) is 6.08 Å². The number of nitrogens with one attached hydrogen (secondary N) is 2. The number of aliphatic hydroxyl groups excluding tert-OH is 1. The average molecular weight is 429 g/mol. The zero-order chi connectivity index (χ0) is 21.9. The number of hydrogen-bond donors (Lipinski definition) is 3. The number of carbonyl (C=O) groups excluding carboxylic acids is 2. The number of amides is 2. The van der Waals surface area contributed by atoms with Gasteiger partial charge in [-0.3, -0.25) is 9.59 Å². The zero-order valence-corrected chi connectivity index (χ0v) is 18.3. The topological polar surface area (TPSA) is 87.7 Å². The van der Waals surface area contributed by atoms with Crippen LogP contribution in [0.3, 0.4) is 0 Å². The normalized spacial score (nSPS) is 11.3. The molecule has 2 amide bonds. The Balaban J connectivity index is 2.16. The van der Waals surface area contributed by atoms with E-state index in [1.165, 1.54) is 0 Å². The first-order valence-corrected chi connectivity index (χ1v) is 10.9. The lowest BCUT2D eigenvalue weighted by molar-refractivity contribution is -0.117. The van der Waals surface area contributed by atoms with Crippen LogP contribution in [0.1, 0.15) is 29.8 Å². The maximum Gasteiger partial charge on any atom is 0.267 e. The largest absolute Gasteiger partial charge is 0.493 e. The highest BCUT2D eigenvalue weighted by Gasteiger charge is 2.14. The molecule has 0 radical (unpaired) electrons. The standard InChI is InChI=1S/C23H28N2O4S/c1-16(2)15-29-19-8-6-18(7-9-19)22(27)25-21(23(28)24-12-13-26)14-17-4-10-20(30-3)11-5-17/h4-11,14,16,26H,12-13,15H2,1-3H3,(H,24,28)(H,25,27)/b21-14-. The van der Waals surface area contributed by atoms with Crippen molar-refractivity contribution in [3.8, 4) is 5.75 Å². The van der Waals surface area contributed by atoms with Gasteiger partial charge in [0, 0.05) is 17.0 Å². The molecule has 160 valence electrons. The average Bonchev–Trinajstić information content (AvgIpc) is 2.76. The number of aliphatic hydroxyl groups is 1. The van der Waals surface area contributed by atoms with E-state index in [-0.39, 0.29) is 18.8 Å². The zero-order valence-electron chi connectivity index (χ0n) is 17.5. The molecular weight excluding hydrogens is 400 g/mol. The molecule has 0 aliphatic heterocycles. The van der Waals surface area contributed by atoms with Gasteiger partial charge in [0.2, 0.25) is 0 Å². The summed E-state index contributed by atoms with van der Waals surface area (Å²) in [5.41, 5.74) is 1.29. The van der Waals surface area contributed by atoms with Gasteiger partial charge in [0.1, 0.15) is 11.4 Å². The number of hydrogen-bond acceptors (Lipinski definition) is 5. The Hall–Kier alpha value is -2.77. The molecule has 6 nitrogen and oxygen atoms in total. The molecular formula is C23H28N2O4S. The molecule has 0 atom stereocenters. The second-order valence-electron chi connectivity index (χ2n) is 6.99. The summed E-state index contributed by atoms with van der Waals surface area (Å²) in [5.74, 6) is 0.216. The van der Waals surface area contributed by atoms with Gasteiger partial charge in [-0.2, -0.15) is 0 Å². The monoisotopic (exact) mass is 428 g/mol. The van der Waals surface area contributed by atoms with Gasteiger partial charge in [-0.1, -0.05) is 26.0 Å². The van der Waals surface area contributed by atoms with E-state index in [1.807, 2.05) is 30.5 Å². The summed E-state index contributed by atoms with van der Waals surface area (Å²) < 4.78 is 5.63. The Kier molecular flexibility index (Phi) is 9.44. The van der Waals surface area contributed by atoms with Crippen LogP contribution in [0.15, 0.2) is 59.1 Å². The lowest BCUT2D eigenvalue weighted by Crippen LogP contribution is -2.36. The van der Waals surface area contributed by atoms with Gasteiger partial charge in [-0.25, -0.2) is 0 Å². The summed E-state index contributed by atoms with van der Waals surface area (Å²) >= 11 is 1.62. The van der Waals surface area contributed by atoms with Crippen LogP contribution >= 0.6 is 11.8 Å². The van der Waals surface area contributed by atoms with Crippen LogP contribution < -0.4 is 15.4 Å². The summed E-state index contributed by atoms with van der Waals surface area (Å²) in [6.07, 6.45) is 3.59. The number of thioether (sulfide) groups is 1. The number of ether oxygens (including phenoxy) is 1. The van der Waals surface area contributed by atoms with Crippen molar-refractivity contribution in [1.29, 1.82) is 0 Å². The summed E-state index contributed by atoms with van der Waals surface area (Å²) in [6, 6.07) is 14.4. The molecule has 2 aromatic rings. The van der Waals surface area contributed by atoms with Crippen molar-refractivity contribution in [3.63, 3.8) is 0 Å². The highest BCUT2D eigenvalue weighted by atomic mass is 32.2. The molecule has 0 saturated carbocycles. The minimum absolute atomic E-state index is 0.0966. The first kappa shape index (κ1) is 23.5. The van der Waals surface area contributed by atoms with Crippen LogP contribution in [0.5, 0.6) is 5.75 Å². The number of carbonyl (C=O) groups is 2. The molecule has 0 unspecified atom stereocenters. The maximum atomic E-state index is 12.7. The Labute approximate surface area is 181 Å². The lowest BCUT2D eigenvalue weighted by atomic mass is 10.1. The van der Waals surface area contributed by atoms with Crippen molar-refractivity contribution in [2.75, 3.05) is 26.0 Å². The predicted octanol–water partition coefficient (Wildman–Crippen LogP) is 3.32. The van der Waals surface area contributed by atoms with E-state index < -0.39 is 11.8 Å². The number of benzene rings is 2. The lowest BCUT2D eigenvalue weighted by Gasteiger charge is -2.12. The highest BCUT2D eigenvalue weighted by molar-refractivity contribution is 7.98. The molecule has 0 aliphatic carbocycles. The van der Waals surface area contributed by atoms with Gasteiger partial charge in [0.05, 0.1) is 13.2 Å². The molecule has 0 fully saturated rings. The summed E-state index contributed by atoms with van der Waals surface area (Å²) in [4.78, 5) is 26.2. The van der Waals surface area contributed by atoms with Crippen molar-refractivity contribution >= 4 is 29.7 Å². The molecule has 0 aromatic heterocycles. The summed E-state index contributed by atoms with van der Waals surface area (Å²) in [7, 11) is 0. The second-order valence-corrected chi connectivity index (χ2v) is 7.87. The molecule has 0 heterocycles.